The van der Waals surface area contributed by atoms with Crippen LogP contribution in [-0.2, 0) is 10.0 Å². The van der Waals surface area contributed by atoms with E-state index in [0.29, 0.717) is 0 Å². The van der Waals surface area contributed by atoms with Crippen LogP contribution in [0.3, 0.4) is 0 Å². The molecule has 2 rings (SSSR count). The van der Waals surface area contributed by atoms with E-state index >= 15 is 0 Å². The number of benzene rings is 1. The normalized spacial score (nSPS) is 16.4. The Kier molecular flexibility index (Phi) is 10.9. The third-order valence-corrected chi connectivity index (χ3v) is 4.87. The highest BCUT2D eigenvalue weighted by atomic mass is 127. The number of primary sulfonamides is 1. The summed E-state index contributed by atoms with van der Waals surface area (Å²) in [5.41, 5.74) is 1.21. The molecule has 0 atom stereocenters. The van der Waals surface area contributed by atoms with Crippen molar-refractivity contribution in [2.45, 2.75) is 6.92 Å². The minimum atomic E-state index is -3.48. The molecule has 7 nitrogen and oxygen atoms in total. The van der Waals surface area contributed by atoms with Crippen molar-refractivity contribution >= 4 is 46.0 Å². The zero-order valence-corrected chi connectivity index (χ0v) is 18.9. The van der Waals surface area contributed by atoms with Gasteiger partial charge in [0.1, 0.15) is 0 Å². The highest BCUT2D eigenvalue weighted by Gasteiger charge is 2.18. The Bertz CT molecular complexity index is 702. The number of hydrogen-bond acceptors (Lipinski definition) is 4. The number of nitrogens with two attached hydrogens (primary N) is 1. The van der Waals surface area contributed by atoms with Crippen molar-refractivity contribution in [3.8, 4) is 0 Å². The summed E-state index contributed by atoms with van der Waals surface area (Å²) in [5, 5.41) is 8.26. The Morgan fingerprint density at radius 2 is 1.89 bits per heavy atom. The summed E-state index contributed by atoms with van der Waals surface area (Å²) >= 11 is 0. The van der Waals surface area contributed by atoms with Crippen molar-refractivity contribution in [3.05, 3.63) is 42.0 Å². The predicted molar refractivity (Wildman–Crippen MR) is 123 cm³/mol. The fourth-order valence-electron chi connectivity index (χ4n) is 2.75. The van der Waals surface area contributed by atoms with Crippen LogP contribution in [0.1, 0.15) is 12.5 Å². The number of sulfonamides is 1. The second-order valence-electron chi connectivity index (χ2n) is 6.20. The Labute approximate surface area is 179 Å². The molecule has 0 amide bonds. The van der Waals surface area contributed by atoms with E-state index in [0.717, 1.165) is 45.2 Å². The molecule has 0 aliphatic carbocycles. The first-order valence-electron chi connectivity index (χ1n) is 8.95. The van der Waals surface area contributed by atoms with Gasteiger partial charge in [0.2, 0.25) is 10.0 Å². The van der Waals surface area contributed by atoms with Crippen LogP contribution < -0.4 is 10.5 Å². The Morgan fingerprint density at radius 3 is 2.48 bits per heavy atom. The maximum Gasteiger partial charge on any atom is 0.210 e. The average Bonchev–Trinajstić information content (AvgIpc) is 2.62. The van der Waals surface area contributed by atoms with Gasteiger partial charge in [0, 0.05) is 39.3 Å². The zero-order valence-electron chi connectivity index (χ0n) is 15.8. The Hall–Kier alpha value is -1.17. The Morgan fingerprint density at radius 1 is 1.22 bits per heavy atom. The summed E-state index contributed by atoms with van der Waals surface area (Å²) in [4.78, 5) is 8.95. The first-order chi connectivity index (χ1) is 12.5. The molecule has 1 saturated heterocycles. The maximum atomic E-state index is 11.1. The summed E-state index contributed by atoms with van der Waals surface area (Å²) in [7, 11) is -3.48. The van der Waals surface area contributed by atoms with E-state index in [2.05, 4.69) is 44.4 Å². The van der Waals surface area contributed by atoms with Crippen LogP contribution >= 0.6 is 24.0 Å². The van der Waals surface area contributed by atoms with Gasteiger partial charge in [-0.05, 0) is 12.5 Å². The highest BCUT2D eigenvalue weighted by Crippen LogP contribution is 2.05. The van der Waals surface area contributed by atoms with Gasteiger partial charge in [0.15, 0.2) is 5.96 Å². The quantitative estimate of drug-likeness (QED) is 0.329. The molecule has 152 valence electrons. The van der Waals surface area contributed by atoms with Crippen molar-refractivity contribution in [1.82, 2.24) is 15.1 Å². The van der Waals surface area contributed by atoms with Crippen LogP contribution in [0.4, 0.5) is 0 Å². The topological polar surface area (TPSA) is 91.0 Å². The largest absolute Gasteiger partial charge is 0.357 e. The molecule has 1 aliphatic rings. The smallest absolute Gasteiger partial charge is 0.210 e. The van der Waals surface area contributed by atoms with Gasteiger partial charge in [-0.15, -0.1) is 24.0 Å². The number of hydrogen-bond donors (Lipinski definition) is 2. The molecule has 0 unspecified atom stereocenters. The number of rotatable bonds is 7. The average molecular weight is 507 g/mol. The molecule has 0 bridgehead atoms. The molecule has 9 heteroatoms. The summed E-state index contributed by atoms with van der Waals surface area (Å²) in [6, 6.07) is 10.3. The fraction of sp³-hybridized carbons (Fsp3) is 0.500. The van der Waals surface area contributed by atoms with E-state index in [1.807, 2.05) is 25.1 Å². The molecule has 27 heavy (non-hydrogen) atoms. The molecule has 0 spiro atoms. The second kappa shape index (κ2) is 12.3. The van der Waals surface area contributed by atoms with Crippen molar-refractivity contribution in [2.75, 3.05) is 51.6 Å². The maximum absolute atomic E-state index is 11.1. The third-order valence-electron chi connectivity index (χ3n) is 4.12. The van der Waals surface area contributed by atoms with Gasteiger partial charge in [0.25, 0.3) is 0 Å². The number of aliphatic imine (C=N–C) groups is 1. The summed E-state index contributed by atoms with van der Waals surface area (Å²) in [6.45, 7) is 7.45. The third kappa shape index (κ3) is 9.54. The predicted octanol–water partition coefficient (Wildman–Crippen LogP) is 1.19. The van der Waals surface area contributed by atoms with Crippen LogP contribution in [-0.4, -0.2) is 75.7 Å². The monoisotopic (exact) mass is 507 g/mol. The van der Waals surface area contributed by atoms with E-state index < -0.39 is 10.0 Å². The molecule has 0 aromatic heterocycles. The number of guanidine groups is 1. The number of nitrogens with one attached hydrogen (secondary N) is 1. The van der Waals surface area contributed by atoms with Crippen LogP contribution in [0.15, 0.2) is 41.4 Å². The van der Waals surface area contributed by atoms with Crippen LogP contribution in [0.5, 0.6) is 0 Å². The first-order valence-corrected chi connectivity index (χ1v) is 10.7. The second-order valence-corrected chi connectivity index (χ2v) is 7.94. The molecule has 1 aromatic rings. The summed E-state index contributed by atoms with van der Waals surface area (Å²) in [6.07, 6.45) is 4.33. The van der Waals surface area contributed by atoms with E-state index in [-0.39, 0.29) is 36.3 Å². The zero-order chi connectivity index (χ0) is 18.8. The van der Waals surface area contributed by atoms with E-state index in [4.69, 9.17) is 5.14 Å². The van der Waals surface area contributed by atoms with Gasteiger partial charge in [-0.1, -0.05) is 42.5 Å². The van der Waals surface area contributed by atoms with Crippen LogP contribution in [0.2, 0.25) is 0 Å². The molecule has 1 fully saturated rings. The molecular formula is C18H30IN5O2S. The van der Waals surface area contributed by atoms with E-state index in [9.17, 15) is 8.42 Å². The van der Waals surface area contributed by atoms with Crippen LogP contribution in [0, 0.1) is 0 Å². The van der Waals surface area contributed by atoms with Crippen molar-refractivity contribution < 1.29 is 8.42 Å². The lowest BCUT2D eigenvalue weighted by atomic mass is 10.2. The molecule has 0 saturated carbocycles. The standard InChI is InChI=1S/C18H29N5O2S.HI/c1-2-20-18(21-10-16-26(19,24)25)23-14-12-22(13-15-23)11-6-9-17-7-4-3-5-8-17;/h3-9H,2,10-16H2,1H3,(H,20,21)(H2,19,24,25);1H. The van der Waals surface area contributed by atoms with E-state index in [1.165, 1.54) is 5.56 Å². The molecule has 1 heterocycles. The van der Waals surface area contributed by atoms with Crippen molar-refractivity contribution in [2.24, 2.45) is 10.1 Å². The minimum absolute atomic E-state index is 0. The molecular weight excluding hydrogens is 477 g/mol. The lowest BCUT2D eigenvalue weighted by molar-refractivity contribution is 0.194. The summed E-state index contributed by atoms with van der Waals surface area (Å²) < 4.78 is 22.1. The molecule has 1 aliphatic heterocycles. The van der Waals surface area contributed by atoms with Gasteiger partial charge in [0.05, 0.1) is 12.3 Å². The SMILES string of the molecule is CCNC(=NCCS(N)(=O)=O)N1CCN(CC=Cc2ccccc2)CC1.I. The molecule has 3 N–H and O–H groups in total. The highest BCUT2D eigenvalue weighted by molar-refractivity contribution is 14.0. The first kappa shape index (κ1) is 23.9. The van der Waals surface area contributed by atoms with E-state index in [1.54, 1.807) is 0 Å². The number of piperazine rings is 1. The van der Waals surface area contributed by atoms with Gasteiger partial charge < -0.3 is 10.2 Å². The molecule has 1 aromatic carbocycles. The summed E-state index contributed by atoms with van der Waals surface area (Å²) in [5.74, 6) is 0.627. The lowest BCUT2D eigenvalue weighted by Gasteiger charge is -2.36. The van der Waals surface area contributed by atoms with Gasteiger partial charge in [-0.3, -0.25) is 9.89 Å². The minimum Gasteiger partial charge on any atom is -0.357 e. The van der Waals surface area contributed by atoms with Crippen molar-refractivity contribution in [1.29, 1.82) is 0 Å². The van der Waals surface area contributed by atoms with Crippen molar-refractivity contribution in [3.63, 3.8) is 0 Å². The molecule has 0 radical (unpaired) electrons. The van der Waals surface area contributed by atoms with Crippen LogP contribution in [0.25, 0.3) is 6.08 Å². The Balaban J connectivity index is 0.00000364. The van der Waals surface area contributed by atoms with Gasteiger partial charge in [-0.2, -0.15) is 0 Å². The number of halogens is 1. The van der Waals surface area contributed by atoms with Gasteiger partial charge in [-0.25, -0.2) is 13.6 Å². The van der Waals surface area contributed by atoms with Gasteiger partial charge >= 0.3 is 0 Å². The fourth-order valence-corrected chi connectivity index (χ4v) is 3.09. The lowest BCUT2D eigenvalue weighted by Crippen LogP contribution is -2.52. The number of nitrogens with zero attached hydrogens (tertiary/aromatic N) is 3.